The average Bonchev–Trinajstić information content (AvgIpc) is 2.15. The van der Waals surface area contributed by atoms with Gasteiger partial charge in [-0.15, -0.1) is 0 Å². The number of pyridine rings is 1. The second kappa shape index (κ2) is 4.72. The lowest BCUT2D eigenvalue weighted by molar-refractivity contribution is 0.257. The van der Waals surface area contributed by atoms with E-state index in [1.54, 1.807) is 18.3 Å². The van der Waals surface area contributed by atoms with Crippen LogP contribution in [-0.4, -0.2) is 16.7 Å². The topological polar surface area (TPSA) is 42.4 Å². The molecule has 0 aliphatic heterocycles. The number of hydrogen-bond donors (Lipinski definition) is 1. The van der Waals surface area contributed by atoms with Crippen molar-refractivity contribution >= 4 is 0 Å². The van der Waals surface area contributed by atoms with Crippen LogP contribution in [0.4, 0.5) is 0 Å². The Labute approximate surface area is 72.0 Å². The summed E-state index contributed by atoms with van der Waals surface area (Å²) in [4.78, 5) is 4.00. The molecule has 0 bridgehead atoms. The van der Waals surface area contributed by atoms with Crippen LogP contribution in [0.3, 0.4) is 0 Å². The fourth-order valence-corrected chi connectivity index (χ4v) is 0.873. The van der Waals surface area contributed by atoms with Crippen molar-refractivity contribution in [1.29, 1.82) is 0 Å². The molecule has 0 amide bonds. The molecular formula is C9H13NO2. The number of ether oxygens (including phenoxy) is 1. The Balaban J connectivity index is 2.68. The lowest BCUT2D eigenvalue weighted by atomic mass is 10.3. The molecule has 0 fully saturated rings. The zero-order valence-corrected chi connectivity index (χ0v) is 7.16. The van der Waals surface area contributed by atoms with Gasteiger partial charge in [-0.2, -0.15) is 0 Å². The van der Waals surface area contributed by atoms with Crippen LogP contribution in [0.25, 0.3) is 0 Å². The lowest BCUT2D eigenvalue weighted by Gasteiger charge is -2.06. The van der Waals surface area contributed by atoms with Gasteiger partial charge in [-0.25, -0.2) is 4.98 Å². The molecule has 0 spiro atoms. The molecule has 0 saturated carbocycles. The molecular weight excluding hydrogens is 154 g/mol. The fraction of sp³-hybridized carbons (Fsp3) is 0.444. The molecule has 3 heteroatoms. The molecule has 0 saturated heterocycles. The van der Waals surface area contributed by atoms with Gasteiger partial charge in [0.1, 0.15) is 0 Å². The average molecular weight is 167 g/mol. The van der Waals surface area contributed by atoms with Gasteiger partial charge in [-0.3, -0.25) is 0 Å². The first-order valence-electron chi connectivity index (χ1n) is 4.06. The Hall–Kier alpha value is -1.09. The van der Waals surface area contributed by atoms with E-state index in [9.17, 15) is 0 Å². The minimum atomic E-state index is -0.0209. The van der Waals surface area contributed by atoms with Crippen LogP contribution < -0.4 is 4.74 Å². The highest BCUT2D eigenvalue weighted by atomic mass is 16.5. The van der Waals surface area contributed by atoms with Gasteiger partial charge in [0.25, 0.3) is 0 Å². The first kappa shape index (κ1) is 9.00. The van der Waals surface area contributed by atoms with Crippen molar-refractivity contribution in [3.05, 3.63) is 23.9 Å². The second-order valence-corrected chi connectivity index (χ2v) is 2.47. The highest BCUT2D eigenvalue weighted by Crippen LogP contribution is 2.13. The fourth-order valence-electron chi connectivity index (χ4n) is 0.873. The number of hydrogen-bond acceptors (Lipinski definition) is 3. The maximum atomic E-state index is 8.90. The van der Waals surface area contributed by atoms with Crippen LogP contribution in [0.15, 0.2) is 18.3 Å². The molecule has 1 N–H and O–H groups in total. The molecule has 0 aromatic carbocycles. The van der Waals surface area contributed by atoms with Crippen molar-refractivity contribution in [2.75, 3.05) is 6.61 Å². The number of aliphatic hydroxyl groups is 1. The van der Waals surface area contributed by atoms with Gasteiger partial charge < -0.3 is 9.84 Å². The molecule has 66 valence electrons. The van der Waals surface area contributed by atoms with Crippen LogP contribution >= 0.6 is 0 Å². The van der Waals surface area contributed by atoms with Crippen LogP contribution in [0, 0.1) is 0 Å². The third kappa shape index (κ3) is 2.20. The zero-order chi connectivity index (χ0) is 8.81. The van der Waals surface area contributed by atoms with E-state index < -0.39 is 0 Å². The largest absolute Gasteiger partial charge is 0.477 e. The van der Waals surface area contributed by atoms with Gasteiger partial charge in [-0.05, 0) is 18.6 Å². The van der Waals surface area contributed by atoms with Crippen molar-refractivity contribution in [3.8, 4) is 5.88 Å². The first-order valence-corrected chi connectivity index (χ1v) is 4.06. The maximum Gasteiger partial charge on any atom is 0.218 e. The number of aliphatic hydroxyl groups excluding tert-OH is 1. The molecule has 0 aliphatic rings. The predicted octanol–water partition coefficient (Wildman–Crippen LogP) is 1.36. The second-order valence-electron chi connectivity index (χ2n) is 2.47. The van der Waals surface area contributed by atoms with Gasteiger partial charge >= 0.3 is 0 Å². The van der Waals surface area contributed by atoms with E-state index in [-0.39, 0.29) is 6.61 Å². The Kier molecular flexibility index (Phi) is 3.54. The molecule has 0 atom stereocenters. The molecule has 1 aromatic rings. The summed E-state index contributed by atoms with van der Waals surface area (Å²) in [6.45, 7) is 2.65. The quantitative estimate of drug-likeness (QED) is 0.736. The SMILES string of the molecule is CCCOc1ncccc1CO. The molecule has 3 nitrogen and oxygen atoms in total. The van der Waals surface area contributed by atoms with Crippen LogP contribution in [0.5, 0.6) is 5.88 Å². The van der Waals surface area contributed by atoms with E-state index in [1.807, 2.05) is 6.92 Å². The number of nitrogens with zero attached hydrogens (tertiary/aromatic N) is 1. The summed E-state index contributed by atoms with van der Waals surface area (Å²) < 4.78 is 5.31. The normalized spacial score (nSPS) is 9.83. The molecule has 1 heterocycles. The molecule has 12 heavy (non-hydrogen) atoms. The maximum absolute atomic E-state index is 8.90. The Morgan fingerprint density at radius 3 is 3.08 bits per heavy atom. The number of aromatic nitrogens is 1. The molecule has 1 aromatic heterocycles. The molecule has 0 unspecified atom stereocenters. The van der Waals surface area contributed by atoms with Gasteiger partial charge in [0.15, 0.2) is 0 Å². The molecule has 0 radical (unpaired) electrons. The smallest absolute Gasteiger partial charge is 0.218 e. The standard InChI is InChI=1S/C9H13NO2/c1-2-6-12-9-8(7-11)4-3-5-10-9/h3-5,11H,2,6-7H2,1H3. The Morgan fingerprint density at radius 2 is 2.42 bits per heavy atom. The predicted molar refractivity (Wildman–Crippen MR) is 45.9 cm³/mol. The highest BCUT2D eigenvalue weighted by molar-refractivity contribution is 5.24. The summed E-state index contributed by atoms with van der Waals surface area (Å²) >= 11 is 0. The minimum absolute atomic E-state index is 0.0209. The van der Waals surface area contributed by atoms with Crippen LogP contribution in [0.2, 0.25) is 0 Å². The Bertz CT molecular complexity index is 238. The monoisotopic (exact) mass is 167 g/mol. The van der Waals surface area contributed by atoms with Crippen molar-refractivity contribution in [3.63, 3.8) is 0 Å². The zero-order valence-electron chi connectivity index (χ0n) is 7.16. The van der Waals surface area contributed by atoms with Gasteiger partial charge in [0, 0.05) is 11.8 Å². The Morgan fingerprint density at radius 1 is 1.58 bits per heavy atom. The van der Waals surface area contributed by atoms with Crippen molar-refractivity contribution in [1.82, 2.24) is 4.98 Å². The summed E-state index contributed by atoms with van der Waals surface area (Å²) in [6.07, 6.45) is 2.60. The van der Waals surface area contributed by atoms with Crippen molar-refractivity contribution in [2.24, 2.45) is 0 Å². The van der Waals surface area contributed by atoms with Gasteiger partial charge in [0.2, 0.25) is 5.88 Å². The third-order valence-corrected chi connectivity index (χ3v) is 1.46. The molecule has 1 rings (SSSR count). The first-order chi connectivity index (χ1) is 5.88. The van der Waals surface area contributed by atoms with E-state index >= 15 is 0 Å². The number of rotatable bonds is 4. The summed E-state index contributed by atoms with van der Waals surface area (Å²) in [7, 11) is 0. The third-order valence-electron chi connectivity index (χ3n) is 1.46. The van der Waals surface area contributed by atoms with Crippen LogP contribution in [-0.2, 0) is 6.61 Å². The van der Waals surface area contributed by atoms with E-state index in [4.69, 9.17) is 9.84 Å². The van der Waals surface area contributed by atoms with E-state index in [2.05, 4.69) is 4.98 Å². The van der Waals surface area contributed by atoms with E-state index in [0.29, 0.717) is 12.5 Å². The van der Waals surface area contributed by atoms with E-state index in [0.717, 1.165) is 12.0 Å². The van der Waals surface area contributed by atoms with E-state index in [1.165, 1.54) is 0 Å². The van der Waals surface area contributed by atoms with Crippen LogP contribution in [0.1, 0.15) is 18.9 Å². The summed E-state index contributed by atoms with van der Waals surface area (Å²) in [5.41, 5.74) is 0.742. The van der Waals surface area contributed by atoms with Crippen molar-refractivity contribution in [2.45, 2.75) is 20.0 Å². The molecule has 0 aliphatic carbocycles. The summed E-state index contributed by atoms with van der Waals surface area (Å²) in [6, 6.07) is 3.59. The van der Waals surface area contributed by atoms with Crippen molar-refractivity contribution < 1.29 is 9.84 Å². The van der Waals surface area contributed by atoms with Gasteiger partial charge in [0.05, 0.1) is 13.2 Å². The summed E-state index contributed by atoms with van der Waals surface area (Å²) in [5.74, 6) is 0.543. The lowest BCUT2D eigenvalue weighted by Crippen LogP contribution is -2.00. The highest BCUT2D eigenvalue weighted by Gasteiger charge is 2.01. The minimum Gasteiger partial charge on any atom is -0.477 e. The summed E-state index contributed by atoms with van der Waals surface area (Å²) in [5, 5.41) is 8.90. The van der Waals surface area contributed by atoms with Gasteiger partial charge in [-0.1, -0.05) is 6.92 Å².